The summed E-state index contributed by atoms with van der Waals surface area (Å²) in [5, 5.41) is 11.3. The van der Waals surface area contributed by atoms with Crippen LogP contribution >= 0.6 is 12.2 Å². The summed E-state index contributed by atoms with van der Waals surface area (Å²) in [7, 11) is 0. The van der Waals surface area contributed by atoms with Gasteiger partial charge in [-0.25, -0.2) is 4.99 Å². The standard InChI is InChI=1S/C27H21N3O2S/c1-16-12-13-17(2)23(14-16)30-26(32)21(25(31)29-27(30)33)15-20-19-10-6-7-11-22(19)28-24(20)18-8-4-3-5-9-18/h3-15,32H,1-2H3,(H,29,31,33)/b20-15+. The van der Waals surface area contributed by atoms with Crippen LogP contribution in [0.3, 0.4) is 0 Å². The predicted molar refractivity (Wildman–Crippen MR) is 135 cm³/mol. The van der Waals surface area contributed by atoms with Crippen LogP contribution in [0.4, 0.5) is 5.69 Å². The minimum Gasteiger partial charge on any atom is -0.494 e. The van der Waals surface area contributed by atoms with Crippen LogP contribution in [0.25, 0.3) is 17.3 Å². The third-order valence-electron chi connectivity index (χ3n) is 5.74. The third kappa shape index (κ3) is 3.64. The number of allylic oxidation sites excluding steroid dienone is 1. The minimum atomic E-state index is -0.455. The maximum absolute atomic E-state index is 13.0. The molecule has 0 saturated heterocycles. The van der Waals surface area contributed by atoms with Crippen molar-refractivity contribution < 1.29 is 5.11 Å². The number of aromatic amines is 1. The van der Waals surface area contributed by atoms with E-state index in [0.29, 0.717) is 0 Å². The molecule has 0 saturated carbocycles. The molecule has 4 aromatic rings. The van der Waals surface area contributed by atoms with Gasteiger partial charge >= 0.3 is 0 Å². The van der Waals surface area contributed by atoms with Gasteiger partial charge in [-0.15, -0.1) is 0 Å². The predicted octanol–water partition coefficient (Wildman–Crippen LogP) is 5.89. The van der Waals surface area contributed by atoms with Gasteiger partial charge in [0.05, 0.1) is 17.1 Å². The number of aromatic nitrogens is 2. The number of hydrogen-bond acceptors (Lipinski definition) is 4. The highest BCUT2D eigenvalue weighted by Crippen LogP contribution is 2.38. The van der Waals surface area contributed by atoms with Crippen LogP contribution in [0.15, 0.2) is 82.6 Å². The normalized spacial score (nSPS) is 13.8. The average molecular weight is 452 g/mol. The molecular weight excluding hydrogens is 430 g/mol. The van der Waals surface area contributed by atoms with Crippen molar-refractivity contribution in [2.75, 3.05) is 0 Å². The topological polar surface area (TPSA) is 70.4 Å². The van der Waals surface area contributed by atoms with Crippen LogP contribution in [-0.2, 0) is 0 Å². The lowest BCUT2D eigenvalue weighted by Crippen LogP contribution is -2.17. The zero-order chi connectivity index (χ0) is 23.1. The van der Waals surface area contributed by atoms with Gasteiger partial charge in [0.2, 0.25) is 5.88 Å². The molecule has 5 nitrogen and oxygen atoms in total. The SMILES string of the molecule is Cc1ccc(C)c(-n2c(O)c(/C=C3/C(c4ccccc4)=Nc4ccccc43)c(=O)[nH]c2=S)c1. The molecule has 162 valence electrons. The van der Waals surface area contributed by atoms with E-state index in [-0.39, 0.29) is 16.2 Å². The molecule has 5 rings (SSSR count). The van der Waals surface area contributed by atoms with Gasteiger partial charge in [-0.3, -0.25) is 14.3 Å². The Balaban J connectivity index is 1.77. The van der Waals surface area contributed by atoms with Crippen LogP contribution in [0.2, 0.25) is 0 Å². The molecular formula is C27H21N3O2S. The van der Waals surface area contributed by atoms with Gasteiger partial charge in [0.15, 0.2) is 4.77 Å². The second-order valence-corrected chi connectivity index (χ2v) is 8.41. The van der Waals surface area contributed by atoms with Crippen molar-refractivity contribution in [3.8, 4) is 11.6 Å². The van der Waals surface area contributed by atoms with E-state index in [9.17, 15) is 9.90 Å². The van der Waals surface area contributed by atoms with E-state index in [2.05, 4.69) is 4.98 Å². The van der Waals surface area contributed by atoms with Gasteiger partial charge < -0.3 is 5.11 Å². The summed E-state index contributed by atoms with van der Waals surface area (Å²) in [6.45, 7) is 3.91. The molecule has 33 heavy (non-hydrogen) atoms. The molecule has 3 aromatic carbocycles. The Kier molecular flexibility index (Phi) is 5.15. The number of nitrogens with one attached hydrogen (secondary N) is 1. The fraction of sp³-hybridized carbons (Fsp3) is 0.0741. The van der Waals surface area contributed by atoms with E-state index in [1.54, 1.807) is 6.08 Å². The van der Waals surface area contributed by atoms with E-state index < -0.39 is 5.56 Å². The van der Waals surface area contributed by atoms with E-state index in [1.807, 2.05) is 86.6 Å². The van der Waals surface area contributed by atoms with E-state index in [1.165, 1.54) is 4.57 Å². The Labute approximate surface area is 196 Å². The van der Waals surface area contributed by atoms with Crippen molar-refractivity contribution in [2.24, 2.45) is 4.99 Å². The molecule has 1 aliphatic heterocycles. The molecule has 0 amide bonds. The molecule has 0 atom stereocenters. The number of aryl methyl sites for hydroxylation is 2. The largest absolute Gasteiger partial charge is 0.494 e. The number of benzene rings is 3. The van der Waals surface area contributed by atoms with Crippen LogP contribution in [0, 0.1) is 18.6 Å². The summed E-state index contributed by atoms with van der Waals surface area (Å²) in [4.78, 5) is 20.5. The van der Waals surface area contributed by atoms with Crippen molar-refractivity contribution in [3.05, 3.63) is 116 Å². The first-order valence-electron chi connectivity index (χ1n) is 10.6. The molecule has 6 heteroatoms. The molecule has 0 bridgehead atoms. The number of aromatic hydroxyl groups is 1. The molecule has 1 aliphatic rings. The number of hydrogen-bond donors (Lipinski definition) is 2. The molecule has 0 radical (unpaired) electrons. The van der Waals surface area contributed by atoms with Crippen molar-refractivity contribution in [3.63, 3.8) is 0 Å². The Morgan fingerprint density at radius 3 is 2.52 bits per heavy atom. The fourth-order valence-corrected chi connectivity index (χ4v) is 4.34. The van der Waals surface area contributed by atoms with Crippen LogP contribution in [0.1, 0.15) is 27.8 Å². The first kappa shape index (κ1) is 20.8. The highest BCUT2D eigenvalue weighted by molar-refractivity contribution is 7.71. The zero-order valence-corrected chi connectivity index (χ0v) is 19.0. The molecule has 0 fully saturated rings. The number of fused-ring (bicyclic) bond motifs is 1. The van der Waals surface area contributed by atoms with Gasteiger partial charge in [0, 0.05) is 16.7 Å². The second-order valence-electron chi connectivity index (χ2n) is 8.02. The highest BCUT2D eigenvalue weighted by Gasteiger charge is 2.24. The highest BCUT2D eigenvalue weighted by atomic mass is 32.1. The Bertz CT molecular complexity index is 1580. The number of aliphatic imine (C=N–C) groups is 1. The summed E-state index contributed by atoms with van der Waals surface area (Å²) >= 11 is 5.42. The molecule has 1 aromatic heterocycles. The van der Waals surface area contributed by atoms with Crippen molar-refractivity contribution in [2.45, 2.75) is 13.8 Å². The Morgan fingerprint density at radius 2 is 1.73 bits per heavy atom. The van der Waals surface area contributed by atoms with Gasteiger partial charge in [-0.05, 0) is 55.4 Å². The second kappa shape index (κ2) is 8.15. The summed E-state index contributed by atoms with van der Waals surface area (Å²) in [5.41, 5.74) is 6.50. The average Bonchev–Trinajstić information content (AvgIpc) is 3.18. The number of nitrogens with zero attached hydrogens (tertiary/aromatic N) is 2. The molecule has 0 spiro atoms. The van der Waals surface area contributed by atoms with Crippen molar-refractivity contribution in [1.29, 1.82) is 0 Å². The fourth-order valence-electron chi connectivity index (χ4n) is 4.07. The van der Waals surface area contributed by atoms with Crippen molar-refractivity contribution >= 4 is 35.3 Å². The monoisotopic (exact) mass is 451 g/mol. The Morgan fingerprint density at radius 1 is 1.00 bits per heavy atom. The first-order valence-corrected chi connectivity index (χ1v) is 11.0. The van der Waals surface area contributed by atoms with Crippen molar-refractivity contribution in [1.82, 2.24) is 9.55 Å². The number of para-hydroxylation sites is 1. The molecule has 2 N–H and O–H groups in total. The molecule has 2 heterocycles. The smallest absolute Gasteiger partial charge is 0.262 e. The summed E-state index contributed by atoms with van der Waals surface area (Å²) in [6, 6.07) is 23.4. The lowest BCUT2D eigenvalue weighted by molar-refractivity contribution is 0.431. The minimum absolute atomic E-state index is 0.125. The van der Waals surface area contributed by atoms with Crippen LogP contribution < -0.4 is 5.56 Å². The lowest BCUT2D eigenvalue weighted by Gasteiger charge is -2.15. The maximum atomic E-state index is 13.0. The zero-order valence-electron chi connectivity index (χ0n) is 18.2. The van der Waals surface area contributed by atoms with Gasteiger partial charge in [0.1, 0.15) is 5.56 Å². The van der Waals surface area contributed by atoms with Gasteiger partial charge in [-0.1, -0.05) is 60.7 Å². The summed E-state index contributed by atoms with van der Waals surface area (Å²) < 4.78 is 1.64. The first-order chi connectivity index (χ1) is 15.9. The quantitative estimate of drug-likeness (QED) is 0.382. The summed E-state index contributed by atoms with van der Waals surface area (Å²) in [6.07, 6.45) is 1.70. The lowest BCUT2D eigenvalue weighted by atomic mass is 9.96. The molecule has 0 aliphatic carbocycles. The summed E-state index contributed by atoms with van der Waals surface area (Å²) in [5.74, 6) is -0.207. The molecule has 0 unspecified atom stereocenters. The van der Waals surface area contributed by atoms with Gasteiger partial charge in [0.25, 0.3) is 5.56 Å². The van der Waals surface area contributed by atoms with Gasteiger partial charge in [-0.2, -0.15) is 0 Å². The Hall–Kier alpha value is -4.03. The number of rotatable bonds is 3. The number of H-pyrrole nitrogens is 1. The van der Waals surface area contributed by atoms with E-state index >= 15 is 0 Å². The maximum Gasteiger partial charge on any atom is 0.262 e. The van der Waals surface area contributed by atoms with Crippen LogP contribution in [-0.4, -0.2) is 20.4 Å². The third-order valence-corrected chi connectivity index (χ3v) is 6.03. The van der Waals surface area contributed by atoms with E-state index in [4.69, 9.17) is 17.2 Å². The van der Waals surface area contributed by atoms with Crippen LogP contribution in [0.5, 0.6) is 5.88 Å². The van der Waals surface area contributed by atoms with E-state index in [0.717, 1.165) is 44.9 Å².